The molecule has 0 amide bonds. The number of nitrogens with zero attached hydrogens (tertiary/aromatic N) is 2. The highest BCUT2D eigenvalue weighted by atomic mass is 35.5. The highest BCUT2D eigenvalue weighted by Gasteiger charge is 2.22. The summed E-state index contributed by atoms with van der Waals surface area (Å²) in [7, 11) is -1.77. The van der Waals surface area contributed by atoms with Gasteiger partial charge in [0.1, 0.15) is 0 Å². The minimum Gasteiger partial charge on any atom is -0.338 e. The van der Waals surface area contributed by atoms with E-state index < -0.39 is 16.1 Å². The molecule has 0 fully saturated rings. The predicted octanol–water partition coefficient (Wildman–Crippen LogP) is 1.68. The van der Waals surface area contributed by atoms with Crippen LogP contribution in [-0.4, -0.2) is 31.6 Å². The van der Waals surface area contributed by atoms with Crippen LogP contribution in [0.1, 0.15) is 31.6 Å². The van der Waals surface area contributed by atoms with Crippen molar-refractivity contribution in [2.45, 2.75) is 37.2 Å². The lowest BCUT2D eigenvalue weighted by molar-refractivity contribution is 0.348. The molecular formula is C14H21ClN4O3S. The molecule has 0 bridgehead atoms. The van der Waals surface area contributed by atoms with Gasteiger partial charge >= 0.3 is 0 Å². The third-order valence-electron chi connectivity index (χ3n) is 3.22. The summed E-state index contributed by atoms with van der Waals surface area (Å²) in [5.74, 6) is 0.792. The second-order valence-electron chi connectivity index (χ2n) is 5.10. The van der Waals surface area contributed by atoms with Crippen molar-refractivity contribution < 1.29 is 12.9 Å². The quantitative estimate of drug-likeness (QED) is 0.779. The van der Waals surface area contributed by atoms with Crippen molar-refractivity contribution in [3.63, 3.8) is 0 Å². The Kier molecular flexibility index (Phi) is 7.14. The molecule has 0 radical (unpaired) electrons. The number of halogens is 1. The summed E-state index contributed by atoms with van der Waals surface area (Å²) in [6.45, 7) is 3.66. The standard InChI is InChI=1S/C14H20N4O3S.ClH/c1-10(15-3)9-13-16-14(21-17-13)11(2)18-22(19,20)12-7-5-4-6-8-12;/h4-8,10-11,15,18H,9H2,1-3H3;1H. The first-order valence-corrected chi connectivity index (χ1v) is 8.48. The lowest BCUT2D eigenvalue weighted by atomic mass is 10.2. The fraction of sp³-hybridized carbons (Fsp3) is 0.429. The monoisotopic (exact) mass is 360 g/mol. The molecule has 7 nitrogen and oxygen atoms in total. The van der Waals surface area contributed by atoms with Gasteiger partial charge in [-0.3, -0.25) is 0 Å². The number of hydrogen-bond donors (Lipinski definition) is 2. The molecule has 128 valence electrons. The van der Waals surface area contributed by atoms with Crippen molar-refractivity contribution in [2.75, 3.05) is 7.05 Å². The highest BCUT2D eigenvalue weighted by molar-refractivity contribution is 7.89. The Morgan fingerprint density at radius 3 is 2.48 bits per heavy atom. The van der Waals surface area contributed by atoms with Crippen molar-refractivity contribution in [3.8, 4) is 0 Å². The van der Waals surface area contributed by atoms with Crippen LogP contribution in [0.4, 0.5) is 0 Å². The Morgan fingerprint density at radius 2 is 1.87 bits per heavy atom. The van der Waals surface area contributed by atoms with E-state index in [1.807, 2.05) is 14.0 Å². The zero-order chi connectivity index (χ0) is 16.2. The summed E-state index contributed by atoms with van der Waals surface area (Å²) in [5, 5.41) is 6.95. The summed E-state index contributed by atoms with van der Waals surface area (Å²) in [6.07, 6.45) is 0.609. The topological polar surface area (TPSA) is 97.1 Å². The minimum atomic E-state index is -3.62. The van der Waals surface area contributed by atoms with Crippen LogP contribution in [0.25, 0.3) is 0 Å². The Morgan fingerprint density at radius 1 is 1.22 bits per heavy atom. The molecule has 2 atom stereocenters. The van der Waals surface area contributed by atoms with E-state index in [9.17, 15) is 8.42 Å². The van der Waals surface area contributed by atoms with E-state index in [1.165, 1.54) is 12.1 Å². The molecule has 2 N–H and O–H groups in total. The van der Waals surface area contributed by atoms with Crippen molar-refractivity contribution >= 4 is 22.4 Å². The van der Waals surface area contributed by atoms with Crippen LogP contribution in [0.15, 0.2) is 39.8 Å². The van der Waals surface area contributed by atoms with Gasteiger partial charge in [0.05, 0.1) is 10.9 Å². The molecule has 2 aromatic rings. The molecule has 0 spiro atoms. The molecule has 1 heterocycles. The SMILES string of the molecule is CNC(C)Cc1noc(C(C)NS(=O)(=O)c2ccccc2)n1.Cl. The summed E-state index contributed by atoms with van der Waals surface area (Å²) in [4.78, 5) is 4.43. The Balaban J connectivity index is 0.00000264. The molecule has 0 aliphatic carbocycles. The Hall–Kier alpha value is -1.48. The van der Waals surface area contributed by atoms with E-state index in [2.05, 4.69) is 20.2 Å². The predicted molar refractivity (Wildman–Crippen MR) is 89.0 cm³/mol. The first-order chi connectivity index (χ1) is 10.4. The zero-order valence-electron chi connectivity index (χ0n) is 13.2. The minimum absolute atomic E-state index is 0. The van der Waals surface area contributed by atoms with Gasteiger partial charge in [0.2, 0.25) is 15.9 Å². The number of nitrogens with one attached hydrogen (secondary N) is 2. The fourth-order valence-corrected chi connectivity index (χ4v) is 3.07. The summed E-state index contributed by atoms with van der Waals surface area (Å²) >= 11 is 0. The third-order valence-corrected chi connectivity index (χ3v) is 4.78. The van der Waals surface area contributed by atoms with E-state index in [-0.39, 0.29) is 29.2 Å². The van der Waals surface area contributed by atoms with E-state index in [0.29, 0.717) is 12.2 Å². The molecular weight excluding hydrogens is 340 g/mol. The second kappa shape index (κ2) is 8.39. The van der Waals surface area contributed by atoms with E-state index in [4.69, 9.17) is 4.52 Å². The first-order valence-electron chi connectivity index (χ1n) is 6.99. The van der Waals surface area contributed by atoms with Crippen molar-refractivity contribution in [3.05, 3.63) is 42.0 Å². The van der Waals surface area contributed by atoms with Gasteiger partial charge < -0.3 is 9.84 Å². The van der Waals surface area contributed by atoms with Gasteiger partial charge in [-0.05, 0) is 33.0 Å². The maximum absolute atomic E-state index is 12.2. The van der Waals surface area contributed by atoms with Gasteiger partial charge in [-0.1, -0.05) is 23.4 Å². The maximum atomic E-state index is 12.2. The van der Waals surface area contributed by atoms with Crippen LogP contribution >= 0.6 is 12.4 Å². The number of rotatable bonds is 7. The van der Waals surface area contributed by atoms with Gasteiger partial charge in [0.15, 0.2) is 5.82 Å². The first kappa shape index (κ1) is 19.6. The van der Waals surface area contributed by atoms with Crippen LogP contribution in [0.3, 0.4) is 0 Å². The molecule has 9 heteroatoms. The van der Waals surface area contributed by atoms with Gasteiger partial charge in [-0.2, -0.15) is 9.71 Å². The summed E-state index contributed by atoms with van der Waals surface area (Å²) in [6, 6.07) is 7.77. The summed E-state index contributed by atoms with van der Waals surface area (Å²) < 4.78 is 32.1. The lowest BCUT2D eigenvalue weighted by Gasteiger charge is -2.10. The van der Waals surface area contributed by atoms with Crippen LogP contribution in [-0.2, 0) is 16.4 Å². The largest absolute Gasteiger partial charge is 0.338 e. The average Bonchev–Trinajstić information content (AvgIpc) is 2.96. The molecule has 1 aromatic carbocycles. The van der Waals surface area contributed by atoms with Crippen LogP contribution in [0, 0.1) is 0 Å². The number of sulfonamides is 1. The van der Waals surface area contributed by atoms with Gasteiger partial charge in [-0.15, -0.1) is 12.4 Å². The summed E-state index contributed by atoms with van der Waals surface area (Å²) in [5.41, 5.74) is 0. The van der Waals surface area contributed by atoms with Gasteiger partial charge in [0.25, 0.3) is 0 Å². The number of hydrogen-bond acceptors (Lipinski definition) is 6. The zero-order valence-corrected chi connectivity index (χ0v) is 14.8. The molecule has 2 rings (SSSR count). The molecule has 2 unspecified atom stereocenters. The molecule has 1 aromatic heterocycles. The van der Waals surface area contributed by atoms with Crippen LogP contribution in [0.5, 0.6) is 0 Å². The van der Waals surface area contributed by atoms with E-state index >= 15 is 0 Å². The molecule has 0 aliphatic heterocycles. The normalized spacial score (nSPS) is 14.0. The maximum Gasteiger partial charge on any atom is 0.244 e. The van der Waals surface area contributed by atoms with Crippen LogP contribution < -0.4 is 10.0 Å². The second-order valence-corrected chi connectivity index (χ2v) is 6.81. The number of benzene rings is 1. The van der Waals surface area contributed by atoms with E-state index in [1.54, 1.807) is 25.1 Å². The van der Waals surface area contributed by atoms with Crippen molar-refractivity contribution in [2.24, 2.45) is 0 Å². The van der Waals surface area contributed by atoms with Crippen LogP contribution in [0.2, 0.25) is 0 Å². The highest BCUT2D eigenvalue weighted by Crippen LogP contribution is 2.15. The van der Waals surface area contributed by atoms with Crippen molar-refractivity contribution in [1.82, 2.24) is 20.2 Å². The number of aromatic nitrogens is 2. The molecule has 0 saturated heterocycles. The third kappa shape index (κ3) is 5.28. The van der Waals surface area contributed by atoms with Crippen molar-refractivity contribution in [1.29, 1.82) is 0 Å². The molecule has 0 aliphatic rings. The van der Waals surface area contributed by atoms with Gasteiger partial charge in [0, 0.05) is 12.5 Å². The lowest BCUT2D eigenvalue weighted by Crippen LogP contribution is -2.27. The van der Waals surface area contributed by atoms with E-state index in [0.717, 1.165) is 0 Å². The molecule has 23 heavy (non-hydrogen) atoms. The Labute approximate surface area is 142 Å². The molecule has 0 saturated carbocycles. The smallest absolute Gasteiger partial charge is 0.244 e. The average molecular weight is 361 g/mol. The fourth-order valence-electron chi connectivity index (χ4n) is 1.85. The Bertz CT molecular complexity index is 706. The number of likely N-dealkylation sites (N-methyl/N-ethyl adjacent to an activating group) is 1. The van der Waals surface area contributed by atoms with Gasteiger partial charge in [-0.25, -0.2) is 8.42 Å².